The normalized spacial score (nSPS) is 16.9. The van der Waals surface area contributed by atoms with Crippen molar-refractivity contribution in [1.29, 1.82) is 0 Å². The van der Waals surface area contributed by atoms with Crippen molar-refractivity contribution < 1.29 is 19.3 Å². The molecular weight excluding hydrogens is 244 g/mol. The van der Waals surface area contributed by atoms with Crippen molar-refractivity contribution in [3.8, 4) is 11.5 Å². The molecule has 1 heterocycles. The van der Waals surface area contributed by atoms with Crippen LogP contribution in [0.2, 0.25) is 0 Å². The van der Waals surface area contributed by atoms with E-state index in [0.29, 0.717) is 13.2 Å². The maximum atomic E-state index is 9.56. The van der Waals surface area contributed by atoms with Gasteiger partial charge in [-0.05, 0) is 43.0 Å². The highest BCUT2D eigenvalue weighted by atomic mass is 16.5. The largest absolute Gasteiger partial charge is 0.496 e. The average molecular weight is 266 g/mol. The summed E-state index contributed by atoms with van der Waals surface area (Å²) in [6.07, 6.45) is 0.740. The Kier molecular flexibility index (Phi) is 4.02. The van der Waals surface area contributed by atoms with Crippen LogP contribution < -0.4 is 9.47 Å². The average Bonchev–Trinajstić information content (AvgIpc) is 2.38. The Morgan fingerprint density at radius 3 is 2.32 bits per heavy atom. The summed E-state index contributed by atoms with van der Waals surface area (Å²) >= 11 is 0. The zero-order valence-corrected chi connectivity index (χ0v) is 12.1. The second-order valence-corrected chi connectivity index (χ2v) is 5.35. The third-order valence-corrected chi connectivity index (χ3v) is 4.01. The minimum Gasteiger partial charge on any atom is -0.496 e. The van der Waals surface area contributed by atoms with Gasteiger partial charge in [0.1, 0.15) is 11.5 Å². The molecule has 2 rings (SSSR count). The van der Waals surface area contributed by atoms with Gasteiger partial charge in [0.2, 0.25) is 0 Å². The first-order chi connectivity index (χ1) is 9.06. The first-order valence-corrected chi connectivity index (χ1v) is 6.46. The lowest BCUT2D eigenvalue weighted by atomic mass is 9.79. The molecule has 106 valence electrons. The van der Waals surface area contributed by atoms with Crippen molar-refractivity contribution in [1.82, 2.24) is 0 Å². The Hall–Kier alpha value is -1.26. The number of aliphatic hydroxyl groups excluding tert-OH is 1. The molecule has 0 aliphatic carbocycles. The fourth-order valence-corrected chi connectivity index (χ4v) is 2.60. The summed E-state index contributed by atoms with van der Waals surface area (Å²) in [5.41, 5.74) is 3.08. The van der Waals surface area contributed by atoms with Gasteiger partial charge in [0.05, 0.1) is 34.0 Å². The minimum atomic E-state index is -0.167. The molecule has 1 fully saturated rings. The Labute approximate surface area is 114 Å². The standard InChI is InChI=1S/C15H22O4/c1-10-11(2)14(18-4)12(5-13(10)17-3)6-15(7-16)8-19-9-15/h5,16H,6-9H2,1-4H3. The van der Waals surface area contributed by atoms with Crippen LogP contribution in [0.5, 0.6) is 11.5 Å². The lowest BCUT2D eigenvalue weighted by molar-refractivity contribution is -0.136. The second kappa shape index (κ2) is 5.39. The zero-order chi connectivity index (χ0) is 14.0. The Morgan fingerprint density at radius 1 is 1.21 bits per heavy atom. The van der Waals surface area contributed by atoms with Crippen LogP contribution in [0.3, 0.4) is 0 Å². The van der Waals surface area contributed by atoms with Crippen molar-refractivity contribution in [3.05, 3.63) is 22.8 Å². The summed E-state index contributed by atoms with van der Waals surface area (Å²) in [7, 11) is 3.35. The van der Waals surface area contributed by atoms with Crippen molar-refractivity contribution in [2.75, 3.05) is 34.0 Å². The van der Waals surface area contributed by atoms with Crippen LogP contribution in [0.1, 0.15) is 16.7 Å². The van der Waals surface area contributed by atoms with E-state index in [9.17, 15) is 5.11 Å². The molecule has 0 aromatic heterocycles. The van der Waals surface area contributed by atoms with E-state index >= 15 is 0 Å². The van der Waals surface area contributed by atoms with Crippen LogP contribution in [-0.4, -0.2) is 39.1 Å². The molecule has 0 radical (unpaired) electrons. The van der Waals surface area contributed by atoms with Gasteiger partial charge in [0.25, 0.3) is 0 Å². The van der Waals surface area contributed by atoms with E-state index < -0.39 is 0 Å². The molecule has 4 nitrogen and oxygen atoms in total. The summed E-state index contributed by atoms with van der Waals surface area (Å²) in [5, 5.41) is 9.56. The fraction of sp³-hybridized carbons (Fsp3) is 0.600. The number of benzene rings is 1. The predicted molar refractivity (Wildman–Crippen MR) is 73.1 cm³/mol. The number of aliphatic hydroxyl groups is 1. The van der Waals surface area contributed by atoms with Crippen LogP contribution in [0.25, 0.3) is 0 Å². The first kappa shape index (κ1) is 14.2. The molecule has 1 aliphatic rings. The molecule has 0 bridgehead atoms. The quantitative estimate of drug-likeness (QED) is 0.884. The summed E-state index contributed by atoms with van der Waals surface area (Å²) in [4.78, 5) is 0. The molecule has 1 N–H and O–H groups in total. The lowest BCUT2D eigenvalue weighted by Crippen LogP contribution is -2.47. The van der Waals surface area contributed by atoms with Gasteiger partial charge in [-0.1, -0.05) is 0 Å². The molecule has 0 atom stereocenters. The molecule has 1 aliphatic heterocycles. The molecular formula is C15H22O4. The third-order valence-electron chi connectivity index (χ3n) is 4.01. The first-order valence-electron chi connectivity index (χ1n) is 6.46. The Balaban J connectivity index is 2.40. The van der Waals surface area contributed by atoms with Crippen LogP contribution in [0.15, 0.2) is 6.07 Å². The van der Waals surface area contributed by atoms with Gasteiger partial charge in [-0.2, -0.15) is 0 Å². The third kappa shape index (κ3) is 2.42. The van der Waals surface area contributed by atoms with Crippen molar-refractivity contribution in [2.24, 2.45) is 5.41 Å². The number of methoxy groups -OCH3 is 2. The topological polar surface area (TPSA) is 47.9 Å². The van der Waals surface area contributed by atoms with Gasteiger partial charge in [-0.15, -0.1) is 0 Å². The summed E-state index contributed by atoms with van der Waals surface area (Å²) in [5.74, 6) is 1.75. The number of ether oxygens (including phenoxy) is 3. The van der Waals surface area contributed by atoms with Crippen molar-refractivity contribution in [2.45, 2.75) is 20.3 Å². The van der Waals surface area contributed by atoms with E-state index in [0.717, 1.165) is 34.6 Å². The Morgan fingerprint density at radius 2 is 1.89 bits per heavy atom. The second-order valence-electron chi connectivity index (χ2n) is 5.35. The summed E-state index contributed by atoms with van der Waals surface area (Å²) in [6, 6.07) is 2.01. The van der Waals surface area contributed by atoms with Gasteiger partial charge in [-0.3, -0.25) is 0 Å². The maximum absolute atomic E-state index is 9.56. The van der Waals surface area contributed by atoms with Crippen LogP contribution in [0, 0.1) is 19.3 Å². The maximum Gasteiger partial charge on any atom is 0.125 e. The van der Waals surface area contributed by atoms with Gasteiger partial charge >= 0.3 is 0 Å². The molecule has 4 heteroatoms. The van der Waals surface area contributed by atoms with E-state index in [2.05, 4.69) is 0 Å². The van der Waals surface area contributed by atoms with Crippen LogP contribution in [0.4, 0.5) is 0 Å². The highest BCUT2D eigenvalue weighted by molar-refractivity contribution is 5.53. The van der Waals surface area contributed by atoms with E-state index in [1.807, 2.05) is 19.9 Å². The molecule has 1 aromatic rings. The predicted octanol–water partition coefficient (Wildman–Crippen LogP) is 1.87. The number of hydrogen-bond acceptors (Lipinski definition) is 4. The minimum absolute atomic E-state index is 0.130. The van der Waals surface area contributed by atoms with E-state index in [1.54, 1.807) is 14.2 Å². The van der Waals surface area contributed by atoms with Crippen LogP contribution in [-0.2, 0) is 11.2 Å². The van der Waals surface area contributed by atoms with Gasteiger partial charge in [-0.25, -0.2) is 0 Å². The molecule has 19 heavy (non-hydrogen) atoms. The monoisotopic (exact) mass is 266 g/mol. The Bertz CT molecular complexity index is 458. The highest BCUT2D eigenvalue weighted by Gasteiger charge is 2.39. The van der Waals surface area contributed by atoms with E-state index in [1.165, 1.54) is 0 Å². The number of rotatable bonds is 5. The van der Waals surface area contributed by atoms with E-state index in [-0.39, 0.29) is 12.0 Å². The molecule has 1 aromatic carbocycles. The molecule has 0 unspecified atom stereocenters. The van der Waals surface area contributed by atoms with Gasteiger partial charge in [0.15, 0.2) is 0 Å². The fourth-order valence-electron chi connectivity index (χ4n) is 2.60. The molecule has 1 saturated heterocycles. The highest BCUT2D eigenvalue weighted by Crippen LogP contribution is 2.39. The molecule has 0 spiro atoms. The summed E-state index contributed by atoms with van der Waals surface area (Å²) in [6.45, 7) is 5.38. The van der Waals surface area contributed by atoms with E-state index in [4.69, 9.17) is 14.2 Å². The van der Waals surface area contributed by atoms with Gasteiger partial charge in [0, 0.05) is 5.41 Å². The summed E-state index contributed by atoms with van der Waals surface area (Å²) < 4.78 is 16.2. The van der Waals surface area contributed by atoms with Crippen molar-refractivity contribution in [3.63, 3.8) is 0 Å². The van der Waals surface area contributed by atoms with Gasteiger partial charge < -0.3 is 19.3 Å². The zero-order valence-electron chi connectivity index (χ0n) is 12.1. The lowest BCUT2D eigenvalue weighted by Gasteiger charge is -2.40. The molecule has 0 amide bonds. The number of hydrogen-bond donors (Lipinski definition) is 1. The smallest absolute Gasteiger partial charge is 0.125 e. The SMILES string of the molecule is COc1cc(CC2(CO)COC2)c(OC)c(C)c1C. The van der Waals surface area contributed by atoms with Crippen molar-refractivity contribution >= 4 is 0 Å². The molecule has 0 saturated carbocycles. The van der Waals surface area contributed by atoms with Crippen LogP contribution >= 0.6 is 0 Å².